The number of rotatable bonds is 4. The van der Waals surface area contributed by atoms with E-state index in [9.17, 15) is 8.42 Å². The summed E-state index contributed by atoms with van der Waals surface area (Å²) in [4.78, 5) is 7.87. The highest BCUT2D eigenvalue weighted by Crippen LogP contribution is 2.22. The monoisotopic (exact) mass is 339 g/mol. The molecular formula is C13H17N5O4S. The van der Waals surface area contributed by atoms with Crippen LogP contribution in [0.4, 0.5) is 0 Å². The SMILES string of the molecule is N#Cc1nccnc1OC1CCN(S(=O)(=O)N2CCOCC2)C1. The van der Waals surface area contributed by atoms with Gasteiger partial charge in [-0.25, -0.2) is 9.97 Å². The molecule has 1 aromatic heterocycles. The summed E-state index contributed by atoms with van der Waals surface area (Å²) in [5.74, 6) is 0.144. The van der Waals surface area contributed by atoms with E-state index in [4.69, 9.17) is 14.7 Å². The van der Waals surface area contributed by atoms with Crippen LogP contribution in [0.1, 0.15) is 12.1 Å². The van der Waals surface area contributed by atoms with E-state index in [1.165, 1.54) is 21.0 Å². The molecule has 9 nitrogen and oxygen atoms in total. The number of nitriles is 1. The highest BCUT2D eigenvalue weighted by atomic mass is 32.2. The quantitative estimate of drug-likeness (QED) is 0.719. The first-order valence-electron chi connectivity index (χ1n) is 7.32. The molecule has 1 atom stereocenters. The van der Waals surface area contributed by atoms with Crippen molar-refractivity contribution in [3.63, 3.8) is 0 Å². The molecule has 0 amide bonds. The number of ether oxygens (including phenoxy) is 2. The van der Waals surface area contributed by atoms with E-state index < -0.39 is 10.2 Å². The molecule has 2 aliphatic rings. The first-order chi connectivity index (χ1) is 11.1. The Labute approximate surface area is 134 Å². The zero-order chi connectivity index (χ0) is 16.3. The van der Waals surface area contributed by atoms with Crippen molar-refractivity contribution >= 4 is 10.2 Å². The maximum atomic E-state index is 12.6. The molecule has 2 aliphatic heterocycles. The third-order valence-electron chi connectivity index (χ3n) is 3.78. The maximum Gasteiger partial charge on any atom is 0.282 e. The van der Waals surface area contributed by atoms with Crippen LogP contribution >= 0.6 is 0 Å². The highest BCUT2D eigenvalue weighted by molar-refractivity contribution is 7.86. The van der Waals surface area contributed by atoms with Crippen molar-refractivity contribution in [2.45, 2.75) is 12.5 Å². The van der Waals surface area contributed by atoms with Crippen LogP contribution in [-0.4, -0.2) is 72.5 Å². The van der Waals surface area contributed by atoms with E-state index in [-0.39, 0.29) is 24.2 Å². The Kier molecular flexibility index (Phi) is 4.72. The van der Waals surface area contributed by atoms with Crippen molar-refractivity contribution in [3.05, 3.63) is 18.1 Å². The molecule has 3 rings (SSSR count). The molecule has 0 radical (unpaired) electrons. The van der Waals surface area contributed by atoms with Crippen LogP contribution in [0.2, 0.25) is 0 Å². The molecule has 2 fully saturated rings. The minimum Gasteiger partial charge on any atom is -0.471 e. The van der Waals surface area contributed by atoms with Gasteiger partial charge in [-0.3, -0.25) is 0 Å². The van der Waals surface area contributed by atoms with Crippen molar-refractivity contribution in [2.24, 2.45) is 0 Å². The van der Waals surface area contributed by atoms with Crippen LogP contribution in [0.5, 0.6) is 5.88 Å². The third kappa shape index (κ3) is 3.42. The lowest BCUT2D eigenvalue weighted by Gasteiger charge is -2.29. The van der Waals surface area contributed by atoms with Gasteiger partial charge in [0.25, 0.3) is 16.1 Å². The van der Waals surface area contributed by atoms with Gasteiger partial charge in [0, 0.05) is 32.0 Å². The summed E-state index contributed by atoms with van der Waals surface area (Å²) in [6.45, 7) is 2.18. The molecular weight excluding hydrogens is 322 g/mol. The lowest BCUT2D eigenvalue weighted by molar-refractivity contribution is 0.0703. The molecule has 10 heteroatoms. The van der Waals surface area contributed by atoms with Gasteiger partial charge in [-0.2, -0.15) is 22.3 Å². The Morgan fingerprint density at radius 3 is 2.70 bits per heavy atom. The van der Waals surface area contributed by atoms with Crippen LogP contribution in [-0.2, 0) is 14.9 Å². The van der Waals surface area contributed by atoms with Gasteiger partial charge >= 0.3 is 0 Å². The first kappa shape index (κ1) is 16.1. The molecule has 3 heterocycles. The van der Waals surface area contributed by atoms with E-state index in [2.05, 4.69) is 9.97 Å². The summed E-state index contributed by atoms with van der Waals surface area (Å²) in [5.41, 5.74) is 0.0991. The van der Waals surface area contributed by atoms with Gasteiger partial charge in [-0.1, -0.05) is 0 Å². The van der Waals surface area contributed by atoms with Crippen molar-refractivity contribution in [2.75, 3.05) is 39.4 Å². The summed E-state index contributed by atoms with van der Waals surface area (Å²) >= 11 is 0. The summed E-state index contributed by atoms with van der Waals surface area (Å²) in [6.07, 6.45) is 3.06. The second kappa shape index (κ2) is 6.76. The minimum absolute atomic E-state index is 0.0991. The van der Waals surface area contributed by atoms with Gasteiger partial charge in [0.05, 0.1) is 19.8 Å². The maximum absolute atomic E-state index is 12.6. The van der Waals surface area contributed by atoms with Crippen LogP contribution < -0.4 is 4.74 Å². The second-order valence-electron chi connectivity index (χ2n) is 5.23. The van der Waals surface area contributed by atoms with E-state index in [0.717, 1.165) is 0 Å². The van der Waals surface area contributed by atoms with Gasteiger partial charge in [-0.15, -0.1) is 0 Å². The molecule has 0 spiro atoms. The van der Waals surface area contributed by atoms with E-state index in [1.807, 2.05) is 6.07 Å². The molecule has 0 N–H and O–H groups in total. The standard InChI is InChI=1S/C13H17N5O4S/c14-9-12-13(16-3-2-15-12)22-11-1-4-18(10-11)23(19,20)17-5-7-21-8-6-17/h2-3,11H,1,4-8,10H2. The molecule has 1 aromatic rings. The Balaban J connectivity index is 1.65. The fraction of sp³-hybridized carbons (Fsp3) is 0.615. The van der Waals surface area contributed by atoms with Crippen molar-refractivity contribution in [1.82, 2.24) is 18.6 Å². The largest absolute Gasteiger partial charge is 0.471 e. The summed E-state index contributed by atoms with van der Waals surface area (Å²) in [5, 5.41) is 8.99. The normalized spacial score (nSPS) is 23.5. The van der Waals surface area contributed by atoms with Crippen LogP contribution in [0.15, 0.2) is 12.4 Å². The number of hydrogen-bond donors (Lipinski definition) is 0. The summed E-state index contributed by atoms with van der Waals surface area (Å²) < 4.78 is 38.8. The van der Waals surface area contributed by atoms with E-state index in [0.29, 0.717) is 39.3 Å². The van der Waals surface area contributed by atoms with Crippen LogP contribution in [0.25, 0.3) is 0 Å². The number of aromatic nitrogens is 2. The van der Waals surface area contributed by atoms with Crippen LogP contribution in [0.3, 0.4) is 0 Å². The van der Waals surface area contributed by atoms with Gasteiger partial charge < -0.3 is 9.47 Å². The summed E-state index contributed by atoms with van der Waals surface area (Å²) in [7, 11) is -3.50. The fourth-order valence-corrected chi connectivity index (χ4v) is 4.22. The minimum atomic E-state index is -3.50. The Morgan fingerprint density at radius 1 is 1.22 bits per heavy atom. The smallest absolute Gasteiger partial charge is 0.282 e. The number of hydrogen-bond acceptors (Lipinski definition) is 7. The fourth-order valence-electron chi connectivity index (χ4n) is 2.59. The molecule has 0 bridgehead atoms. The second-order valence-corrected chi connectivity index (χ2v) is 7.16. The zero-order valence-corrected chi connectivity index (χ0v) is 13.3. The molecule has 0 saturated carbocycles. The molecule has 2 saturated heterocycles. The van der Waals surface area contributed by atoms with Crippen molar-refractivity contribution in [1.29, 1.82) is 5.26 Å². The topological polar surface area (TPSA) is 109 Å². The molecule has 1 unspecified atom stereocenters. The molecule has 124 valence electrons. The average Bonchev–Trinajstić information content (AvgIpc) is 3.05. The number of nitrogens with zero attached hydrogens (tertiary/aromatic N) is 5. The van der Waals surface area contributed by atoms with Gasteiger partial charge in [0.2, 0.25) is 5.69 Å². The Morgan fingerprint density at radius 2 is 1.96 bits per heavy atom. The molecule has 0 aliphatic carbocycles. The Hall–Kier alpha value is -1.80. The van der Waals surface area contributed by atoms with Crippen LogP contribution in [0, 0.1) is 11.3 Å². The first-order valence-corrected chi connectivity index (χ1v) is 8.71. The van der Waals surface area contributed by atoms with Gasteiger partial charge in [-0.05, 0) is 6.42 Å². The highest BCUT2D eigenvalue weighted by Gasteiger charge is 2.37. The van der Waals surface area contributed by atoms with Crippen molar-refractivity contribution in [3.8, 4) is 11.9 Å². The van der Waals surface area contributed by atoms with Gasteiger partial charge in [0.15, 0.2) is 0 Å². The Bertz CT molecular complexity index is 699. The van der Waals surface area contributed by atoms with Gasteiger partial charge in [0.1, 0.15) is 12.2 Å². The molecule has 0 aromatic carbocycles. The van der Waals surface area contributed by atoms with E-state index >= 15 is 0 Å². The van der Waals surface area contributed by atoms with E-state index in [1.54, 1.807) is 0 Å². The predicted octanol–water partition coefficient (Wildman–Crippen LogP) is -0.622. The number of morpholine rings is 1. The lowest BCUT2D eigenvalue weighted by atomic mass is 10.3. The summed E-state index contributed by atoms with van der Waals surface area (Å²) in [6, 6.07) is 1.91. The third-order valence-corrected chi connectivity index (χ3v) is 5.78. The average molecular weight is 339 g/mol. The lowest BCUT2D eigenvalue weighted by Crippen LogP contribution is -2.48. The predicted molar refractivity (Wildman–Crippen MR) is 78.7 cm³/mol. The van der Waals surface area contributed by atoms with Crippen molar-refractivity contribution < 1.29 is 17.9 Å². The molecule has 23 heavy (non-hydrogen) atoms. The zero-order valence-electron chi connectivity index (χ0n) is 12.5.